The van der Waals surface area contributed by atoms with Gasteiger partial charge in [0, 0.05) is 12.7 Å². The second-order valence-electron chi connectivity index (χ2n) is 4.72. The van der Waals surface area contributed by atoms with E-state index < -0.39 is 0 Å². The van der Waals surface area contributed by atoms with E-state index in [1.165, 1.54) is 5.56 Å². The Morgan fingerprint density at radius 1 is 1.22 bits per heavy atom. The first kappa shape index (κ1) is 15.0. The van der Waals surface area contributed by atoms with Crippen molar-refractivity contribution in [1.29, 1.82) is 0 Å². The molecule has 2 unspecified atom stereocenters. The van der Waals surface area contributed by atoms with Crippen molar-refractivity contribution in [2.24, 2.45) is 5.73 Å². The van der Waals surface area contributed by atoms with Crippen LogP contribution in [0, 0.1) is 13.8 Å². The van der Waals surface area contributed by atoms with Gasteiger partial charge in [0.25, 0.3) is 0 Å². The topological polar surface area (TPSA) is 44.5 Å². The number of benzene rings is 1. The second kappa shape index (κ2) is 6.76. The third-order valence-electron chi connectivity index (χ3n) is 3.55. The van der Waals surface area contributed by atoms with E-state index in [0.717, 1.165) is 29.7 Å². The highest BCUT2D eigenvalue weighted by Crippen LogP contribution is 2.32. The van der Waals surface area contributed by atoms with Crippen LogP contribution in [0.1, 0.15) is 42.5 Å². The van der Waals surface area contributed by atoms with Gasteiger partial charge in [0.15, 0.2) is 0 Å². The molecule has 2 atom stereocenters. The molecule has 0 aliphatic rings. The van der Waals surface area contributed by atoms with Gasteiger partial charge in [0.05, 0.1) is 19.3 Å². The minimum Gasteiger partial charge on any atom is -0.496 e. The van der Waals surface area contributed by atoms with Crippen molar-refractivity contribution in [3.05, 3.63) is 28.8 Å². The van der Waals surface area contributed by atoms with Gasteiger partial charge in [-0.05, 0) is 31.4 Å². The summed E-state index contributed by atoms with van der Waals surface area (Å²) in [5.74, 6) is 0.889. The van der Waals surface area contributed by atoms with E-state index in [9.17, 15) is 0 Å². The monoisotopic (exact) mass is 251 g/mol. The fraction of sp³-hybridized carbons (Fsp3) is 0.600. The molecule has 1 rings (SSSR count). The van der Waals surface area contributed by atoms with Crippen LogP contribution in [0.15, 0.2) is 12.1 Å². The normalized spacial score (nSPS) is 14.3. The summed E-state index contributed by atoms with van der Waals surface area (Å²) in [4.78, 5) is 0. The highest BCUT2D eigenvalue weighted by atomic mass is 16.5. The Morgan fingerprint density at radius 2 is 1.89 bits per heavy atom. The summed E-state index contributed by atoms with van der Waals surface area (Å²) in [5, 5.41) is 0. The summed E-state index contributed by atoms with van der Waals surface area (Å²) in [6.45, 7) is 6.27. The molecule has 18 heavy (non-hydrogen) atoms. The van der Waals surface area contributed by atoms with Gasteiger partial charge in [-0.2, -0.15) is 0 Å². The van der Waals surface area contributed by atoms with Crippen LogP contribution in [0.3, 0.4) is 0 Å². The molecular formula is C15H25NO2. The van der Waals surface area contributed by atoms with E-state index in [1.807, 2.05) is 6.07 Å². The number of ether oxygens (including phenoxy) is 2. The lowest BCUT2D eigenvalue weighted by molar-refractivity contribution is 0.0717. The molecule has 102 valence electrons. The Balaban J connectivity index is 3.11. The van der Waals surface area contributed by atoms with Gasteiger partial charge in [0.2, 0.25) is 0 Å². The van der Waals surface area contributed by atoms with E-state index in [0.29, 0.717) is 0 Å². The molecule has 0 amide bonds. The van der Waals surface area contributed by atoms with Gasteiger partial charge < -0.3 is 15.2 Å². The molecule has 0 saturated heterocycles. The summed E-state index contributed by atoms with van der Waals surface area (Å²) >= 11 is 0. The number of nitrogens with two attached hydrogens (primary N) is 1. The highest BCUT2D eigenvalue weighted by molar-refractivity contribution is 5.47. The number of hydrogen-bond acceptors (Lipinski definition) is 3. The van der Waals surface area contributed by atoms with Crippen molar-refractivity contribution in [2.45, 2.75) is 45.8 Å². The second-order valence-corrected chi connectivity index (χ2v) is 4.72. The molecule has 3 nitrogen and oxygen atoms in total. The van der Waals surface area contributed by atoms with Gasteiger partial charge in [-0.1, -0.05) is 25.5 Å². The molecule has 0 aliphatic carbocycles. The van der Waals surface area contributed by atoms with E-state index in [4.69, 9.17) is 15.2 Å². The number of methoxy groups -OCH3 is 2. The third kappa shape index (κ3) is 3.03. The van der Waals surface area contributed by atoms with Gasteiger partial charge in [-0.3, -0.25) is 0 Å². The summed E-state index contributed by atoms with van der Waals surface area (Å²) < 4.78 is 11.0. The van der Waals surface area contributed by atoms with Crippen LogP contribution in [0.25, 0.3) is 0 Å². The molecule has 0 fully saturated rings. The molecule has 0 heterocycles. The first-order valence-electron chi connectivity index (χ1n) is 6.49. The zero-order valence-corrected chi connectivity index (χ0v) is 12.1. The third-order valence-corrected chi connectivity index (χ3v) is 3.55. The van der Waals surface area contributed by atoms with E-state index >= 15 is 0 Å². The van der Waals surface area contributed by atoms with Crippen LogP contribution in [-0.2, 0) is 4.74 Å². The van der Waals surface area contributed by atoms with Crippen molar-refractivity contribution in [3.63, 3.8) is 0 Å². The first-order valence-corrected chi connectivity index (χ1v) is 6.49. The highest BCUT2D eigenvalue weighted by Gasteiger charge is 2.22. The van der Waals surface area contributed by atoms with Crippen LogP contribution in [-0.4, -0.2) is 20.3 Å². The minimum atomic E-state index is -0.149. The first-order chi connectivity index (χ1) is 8.56. The zero-order valence-electron chi connectivity index (χ0n) is 12.1. The molecular weight excluding hydrogens is 226 g/mol. The molecule has 3 heteroatoms. The molecule has 0 bridgehead atoms. The van der Waals surface area contributed by atoms with E-state index in [-0.39, 0.29) is 12.1 Å². The molecule has 1 aromatic carbocycles. The quantitative estimate of drug-likeness (QED) is 0.844. The van der Waals surface area contributed by atoms with Crippen LogP contribution < -0.4 is 10.5 Å². The molecule has 0 aliphatic heterocycles. The lowest BCUT2D eigenvalue weighted by Crippen LogP contribution is -2.28. The Labute approximate surface area is 110 Å². The molecule has 2 N–H and O–H groups in total. The minimum absolute atomic E-state index is 0.0333. The standard InChI is InChI=1S/C15H25NO2/c1-6-7-13(17-4)14(16)12-9-8-10(2)11(3)15(12)18-5/h8-9,13-14H,6-7,16H2,1-5H3. The molecule has 1 aromatic rings. The summed E-state index contributed by atoms with van der Waals surface area (Å²) in [6.07, 6.45) is 2.04. The molecule has 0 spiro atoms. The molecule has 0 aromatic heterocycles. The maximum absolute atomic E-state index is 6.33. The predicted molar refractivity (Wildman–Crippen MR) is 75.1 cm³/mol. The van der Waals surface area contributed by atoms with E-state index in [2.05, 4.69) is 26.8 Å². The summed E-state index contributed by atoms with van der Waals surface area (Å²) in [5.41, 5.74) is 9.72. The maximum Gasteiger partial charge on any atom is 0.126 e. The summed E-state index contributed by atoms with van der Waals surface area (Å²) in [7, 11) is 3.41. The van der Waals surface area contributed by atoms with Crippen molar-refractivity contribution < 1.29 is 9.47 Å². The Morgan fingerprint density at radius 3 is 2.39 bits per heavy atom. The number of aryl methyl sites for hydroxylation is 1. The Kier molecular flexibility index (Phi) is 5.63. The number of hydrogen-bond donors (Lipinski definition) is 1. The van der Waals surface area contributed by atoms with Crippen LogP contribution in [0.4, 0.5) is 0 Å². The fourth-order valence-corrected chi connectivity index (χ4v) is 2.27. The van der Waals surface area contributed by atoms with Crippen molar-refractivity contribution in [3.8, 4) is 5.75 Å². The van der Waals surface area contributed by atoms with E-state index in [1.54, 1.807) is 14.2 Å². The van der Waals surface area contributed by atoms with Crippen molar-refractivity contribution in [1.82, 2.24) is 0 Å². The molecule has 0 saturated carbocycles. The zero-order chi connectivity index (χ0) is 13.7. The van der Waals surface area contributed by atoms with Crippen LogP contribution in [0.2, 0.25) is 0 Å². The molecule has 0 radical (unpaired) electrons. The largest absolute Gasteiger partial charge is 0.496 e. The van der Waals surface area contributed by atoms with Crippen molar-refractivity contribution in [2.75, 3.05) is 14.2 Å². The predicted octanol–water partition coefficient (Wildman–Crippen LogP) is 3.13. The lowest BCUT2D eigenvalue weighted by Gasteiger charge is -2.25. The summed E-state index contributed by atoms with van der Waals surface area (Å²) in [6, 6.07) is 3.99. The van der Waals surface area contributed by atoms with Gasteiger partial charge >= 0.3 is 0 Å². The fourth-order valence-electron chi connectivity index (χ4n) is 2.27. The van der Waals surface area contributed by atoms with Crippen LogP contribution >= 0.6 is 0 Å². The number of rotatable bonds is 6. The van der Waals surface area contributed by atoms with Gasteiger partial charge in [-0.15, -0.1) is 0 Å². The average Bonchev–Trinajstić information content (AvgIpc) is 2.38. The SMILES string of the molecule is CCCC(OC)C(N)c1ccc(C)c(C)c1OC. The van der Waals surface area contributed by atoms with Crippen LogP contribution in [0.5, 0.6) is 5.75 Å². The average molecular weight is 251 g/mol. The Bertz CT molecular complexity index is 390. The lowest BCUT2D eigenvalue weighted by atomic mass is 9.94. The van der Waals surface area contributed by atoms with Crippen molar-refractivity contribution >= 4 is 0 Å². The smallest absolute Gasteiger partial charge is 0.126 e. The van der Waals surface area contributed by atoms with Gasteiger partial charge in [0.1, 0.15) is 5.75 Å². The maximum atomic E-state index is 6.33. The van der Waals surface area contributed by atoms with Gasteiger partial charge in [-0.25, -0.2) is 0 Å². The Hall–Kier alpha value is -1.06.